The number of amides is 2. The minimum Gasteiger partial charge on any atom is -0.497 e. The quantitative estimate of drug-likeness (QED) is 0.314. The van der Waals surface area contributed by atoms with Crippen LogP contribution in [0.4, 0.5) is 5.69 Å². The molecule has 10 heteroatoms. The molecule has 0 bridgehead atoms. The largest absolute Gasteiger partial charge is 0.497 e. The summed E-state index contributed by atoms with van der Waals surface area (Å²) >= 11 is 6.01. The number of rotatable bonds is 13. The Bertz CT molecular complexity index is 1380. The fourth-order valence-electron chi connectivity index (χ4n) is 4.18. The molecule has 40 heavy (non-hydrogen) atoms. The van der Waals surface area contributed by atoms with Crippen LogP contribution in [0.2, 0.25) is 5.02 Å². The summed E-state index contributed by atoms with van der Waals surface area (Å²) in [5.41, 5.74) is 1.90. The zero-order valence-electron chi connectivity index (χ0n) is 23.2. The van der Waals surface area contributed by atoms with Gasteiger partial charge in [0, 0.05) is 24.0 Å². The zero-order valence-corrected chi connectivity index (χ0v) is 24.8. The first-order chi connectivity index (χ1) is 19.0. The van der Waals surface area contributed by atoms with Crippen LogP contribution < -0.4 is 14.4 Å². The molecule has 2 atom stereocenters. The molecule has 0 aliphatic heterocycles. The number of carbonyl (C=O) groups excluding carboxylic acids is 2. The summed E-state index contributed by atoms with van der Waals surface area (Å²) in [4.78, 5) is 29.2. The maximum Gasteiger partial charge on any atom is 0.244 e. The molecule has 0 aliphatic carbocycles. The second-order valence-electron chi connectivity index (χ2n) is 9.64. The predicted molar refractivity (Wildman–Crippen MR) is 159 cm³/mol. The first-order valence-corrected chi connectivity index (χ1v) is 15.2. The van der Waals surface area contributed by atoms with Crippen molar-refractivity contribution in [3.8, 4) is 5.75 Å². The highest BCUT2D eigenvalue weighted by Crippen LogP contribution is 2.23. The van der Waals surface area contributed by atoms with Gasteiger partial charge in [-0.15, -0.1) is 0 Å². The van der Waals surface area contributed by atoms with Gasteiger partial charge in [0.1, 0.15) is 18.3 Å². The van der Waals surface area contributed by atoms with Gasteiger partial charge in [0.2, 0.25) is 21.8 Å². The van der Waals surface area contributed by atoms with E-state index in [-0.39, 0.29) is 24.9 Å². The van der Waals surface area contributed by atoms with Crippen LogP contribution in [0, 0.1) is 0 Å². The van der Waals surface area contributed by atoms with E-state index >= 15 is 0 Å². The van der Waals surface area contributed by atoms with Crippen LogP contribution in [0.25, 0.3) is 0 Å². The van der Waals surface area contributed by atoms with Crippen LogP contribution in [-0.4, -0.2) is 57.1 Å². The fraction of sp³-hybridized carbons (Fsp3) is 0.333. The second-order valence-corrected chi connectivity index (χ2v) is 12.0. The highest BCUT2D eigenvalue weighted by atomic mass is 35.5. The van der Waals surface area contributed by atoms with Crippen molar-refractivity contribution in [1.29, 1.82) is 0 Å². The Morgan fingerprint density at radius 1 is 0.975 bits per heavy atom. The standard InChI is InChI=1S/C30H36ClN3O5S/c1-5-22(2)32-30(36)28(19-23-10-7-6-8-11-23)33(20-24-12-9-13-27(18-24)39-3)29(35)21-34(40(4,37)38)26-16-14-25(31)15-17-26/h6-18,22,28H,5,19-21H2,1-4H3,(H,32,36)/t22-,28+/m1/s1. The lowest BCUT2D eigenvalue weighted by atomic mass is 10.0. The molecule has 0 saturated carbocycles. The zero-order chi connectivity index (χ0) is 29.3. The number of sulfonamides is 1. The van der Waals surface area contributed by atoms with Crippen LogP contribution in [0.3, 0.4) is 0 Å². The van der Waals surface area contributed by atoms with E-state index in [2.05, 4.69) is 5.32 Å². The summed E-state index contributed by atoms with van der Waals surface area (Å²) in [5.74, 6) is -0.234. The van der Waals surface area contributed by atoms with Gasteiger partial charge >= 0.3 is 0 Å². The normalized spacial score (nSPS) is 12.7. The van der Waals surface area contributed by atoms with Crippen LogP contribution in [0.1, 0.15) is 31.4 Å². The second kappa shape index (κ2) is 14.2. The molecule has 214 valence electrons. The first-order valence-electron chi connectivity index (χ1n) is 13.0. The first kappa shape index (κ1) is 31.0. The maximum atomic E-state index is 14.1. The van der Waals surface area contributed by atoms with E-state index in [1.165, 1.54) is 4.90 Å². The molecule has 0 spiro atoms. The number of hydrogen-bond donors (Lipinski definition) is 1. The van der Waals surface area contributed by atoms with Gasteiger partial charge in [-0.2, -0.15) is 0 Å². The molecule has 3 rings (SSSR count). The van der Waals surface area contributed by atoms with Crippen molar-refractivity contribution in [2.24, 2.45) is 0 Å². The topological polar surface area (TPSA) is 96.0 Å². The van der Waals surface area contributed by atoms with Crippen molar-refractivity contribution < 1.29 is 22.7 Å². The third kappa shape index (κ3) is 8.72. The summed E-state index contributed by atoms with van der Waals surface area (Å²) in [6.07, 6.45) is 2.00. The predicted octanol–water partition coefficient (Wildman–Crippen LogP) is 4.67. The SMILES string of the molecule is CC[C@@H](C)NC(=O)[C@H](Cc1ccccc1)N(Cc1cccc(OC)c1)C(=O)CN(c1ccc(Cl)cc1)S(C)(=O)=O. The molecule has 0 radical (unpaired) electrons. The Kier molecular flexibility index (Phi) is 11.0. The molecule has 8 nitrogen and oxygen atoms in total. The van der Waals surface area contributed by atoms with Gasteiger partial charge in [-0.3, -0.25) is 13.9 Å². The summed E-state index contributed by atoms with van der Waals surface area (Å²) < 4.78 is 32.0. The molecular formula is C30H36ClN3O5S. The van der Waals surface area contributed by atoms with Crippen LogP contribution in [0.15, 0.2) is 78.9 Å². The van der Waals surface area contributed by atoms with Crippen molar-refractivity contribution in [3.63, 3.8) is 0 Å². The van der Waals surface area contributed by atoms with Gasteiger partial charge in [-0.25, -0.2) is 8.42 Å². The van der Waals surface area contributed by atoms with Gasteiger partial charge in [0.05, 0.1) is 19.1 Å². The molecule has 0 aliphatic rings. The minimum absolute atomic E-state index is 0.0691. The molecule has 1 N–H and O–H groups in total. The summed E-state index contributed by atoms with van der Waals surface area (Å²) in [6.45, 7) is 3.44. The smallest absolute Gasteiger partial charge is 0.244 e. The van der Waals surface area contributed by atoms with E-state index in [0.29, 0.717) is 22.9 Å². The molecule has 3 aromatic rings. The number of methoxy groups -OCH3 is 1. The maximum absolute atomic E-state index is 14.1. The molecule has 2 amide bonds. The Hall–Kier alpha value is -3.56. The van der Waals surface area contributed by atoms with Gasteiger partial charge in [-0.05, 0) is 60.9 Å². The van der Waals surface area contributed by atoms with Crippen LogP contribution in [-0.2, 0) is 32.6 Å². The molecule has 0 saturated heterocycles. The summed E-state index contributed by atoms with van der Waals surface area (Å²) in [5, 5.41) is 3.45. The number of nitrogens with one attached hydrogen (secondary N) is 1. The third-order valence-electron chi connectivity index (χ3n) is 6.55. The molecule has 0 fully saturated rings. The number of ether oxygens (including phenoxy) is 1. The fourth-order valence-corrected chi connectivity index (χ4v) is 5.16. The molecule has 3 aromatic carbocycles. The van der Waals surface area contributed by atoms with E-state index in [4.69, 9.17) is 16.3 Å². The molecule has 0 heterocycles. The molecular weight excluding hydrogens is 550 g/mol. The van der Waals surface area contributed by atoms with E-state index in [1.807, 2.05) is 50.2 Å². The Morgan fingerprint density at radius 2 is 1.62 bits per heavy atom. The lowest BCUT2D eigenvalue weighted by Crippen LogP contribution is -2.54. The lowest BCUT2D eigenvalue weighted by molar-refractivity contribution is -0.140. The Balaban J connectivity index is 2.06. The van der Waals surface area contributed by atoms with Gasteiger partial charge in [0.25, 0.3) is 0 Å². The number of nitrogens with zero attached hydrogens (tertiary/aromatic N) is 2. The minimum atomic E-state index is -3.85. The number of halogens is 1. The monoisotopic (exact) mass is 585 g/mol. The van der Waals surface area contributed by atoms with E-state index < -0.39 is 28.5 Å². The lowest BCUT2D eigenvalue weighted by Gasteiger charge is -2.34. The summed E-state index contributed by atoms with van der Waals surface area (Å²) in [7, 11) is -2.30. The van der Waals surface area contributed by atoms with E-state index in [1.54, 1.807) is 49.6 Å². The Labute approximate surface area is 241 Å². The average Bonchev–Trinajstić information content (AvgIpc) is 2.94. The molecule has 0 aromatic heterocycles. The van der Waals surface area contributed by atoms with Crippen molar-refractivity contribution in [2.75, 3.05) is 24.2 Å². The van der Waals surface area contributed by atoms with Gasteiger partial charge in [-0.1, -0.05) is 61.0 Å². The van der Waals surface area contributed by atoms with Gasteiger partial charge in [0.15, 0.2) is 0 Å². The Morgan fingerprint density at radius 3 is 2.23 bits per heavy atom. The van der Waals surface area contributed by atoms with Crippen molar-refractivity contribution in [2.45, 2.75) is 45.3 Å². The third-order valence-corrected chi connectivity index (χ3v) is 7.95. The van der Waals surface area contributed by atoms with Crippen molar-refractivity contribution in [3.05, 3.63) is 95.0 Å². The number of benzene rings is 3. The number of carbonyl (C=O) groups is 2. The van der Waals surface area contributed by atoms with E-state index in [0.717, 1.165) is 21.7 Å². The van der Waals surface area contributed by atoms with Crippen LogP contribution >= 0.6 is 11.6 Å². The number of anilines is 1. The number of hydrogen-bond acceptors (Lipinski definition) is 5. The molecule has 0 unspecified atom stereocenters. The van der Waals surface area contributed by atoms with Crippen molar-refractivity contribution in [1.82, 2.24) is 10.2 Å². The van der Waals surface area contributed by atoms with Crippen LogP contribution in [0.5, 0.6) is 5.75 Å². The highest BCUT2D eigenvalue weighted by Gasteiger charge is 2.33. The van der Waals surface area contributed by atoms with Gasteiger partial charge < -0.3 is 15.0 Å². The summed E-state index contributed by atoms with van der Waals surface area (Å²) in [6, 6.07) is 21.8. The van der Waals surface area contributed by atoms with Crippen molar-refractivity contribution >= 4 is 39.1 Å². The highest BCUT2D eigenvalue weighted by molar-refractivity contribution is 7.92. The van der Waals surface area contributed by atoms with E-state index in [9.17, 15) is 18.0 Å². The average molecular weight is 586 g/mol.